The highest BCUT2D eigenvalue weighted by molar-refractivity contribution is 5.27. The Hall–Kier alpha value is -1.00. The minimum absolute atomic E-state index is 0.403. The SMILES string of the molecule is CCC(C)N1CC(O)(c2ccc(F)c(F)c2)C1. The van der Waals surface area contributed by atoms with E-state index in [1.165, 1.54) is 6.07 Å². The van der Waals surface area contributed by atoms with Gasteiger partial charge in [0.1, 0.15) is 5.60 Å². The molecular formula is C13H17F2NO. The second-order valence-corrected chi connectivity index (χ2v) is 4.82. The minimum Gasteiger partial charge on any atom is -0.382 e. The predicted octanol–water partition coefficient (Wildman–Crippen LogP) is 2.27. The van der Waals surface area contributed by atoms with E-state index in [4.69, 9.17) is 0 Å². The van der Waals surface area contributed by atoms with E-state index in [2.05, 4.69) is 18.7 Å². The molecule has 1 fully saturated rings. The van der Waals surface area contributed by atoms with Gasteiger partial charge in [0, 0.05) is 19.1 Å². The van der Waals surface area contributed by atoms with Crippen molar-refractivity contribution in [2.45, 2.75) is 31.9 Å². The van der Waals surface area contributed by atoms with E-state index in [1.807, 2.05) is 0 Å². The predicted molar refractivity (Wildman–Crippen MR) is 61.6 cm³/mol. The molecule has 0 aliphatic carbocycles. The van der Waals surface area contributed by atoms with Crippen LogP contribution in [0.4, 0.5) is 8.78 Å². The normalized spacial score (nSPS) is 21.0. The first-order valence-corrected chi connectivity index (χ1v) is 5.88. The van der Waals surface area contributed by atoms with Gasteiger partial charge in [-0.25, -0.2) is 8.78 Å². The minimum atomic E-state index is -1.03. The standard InChI is InChI=1S/C13H17F2NO/c1-3-9(2)16-7-13(17,8-16)10-4-5-11(14)12(15)6-10/h4-6,9,17H,3,7-8H2,1-2H3. The van der Waals surface area contributed by atoms with Gasteiger partial charge in [-0.1, -0.05) is 13.0 Å². The number of β-amino-alcohol motifs (C(OH)–C–C–N with tert-alkyl or cyclic N) is 1. The quantitative estimate of drug-likeness (QED) is 0.877. The molecule has 0 amide bonds. The molecule has 1 atom stereocenters. The van der Waals surface area contributed by atoms with Crippen LogP contribution in [0.3, 0.4) is 0 Å². The Bertz CT molecular complexity index is 416. The van der Waals surface area contributed by atoms with Crippen LogP contribution < -0.4 is 0 Å². The lowest BCUT2D eigenvalue weighted by Crippen LogP contribution is -2.61. The Morgan fingerprint density at radius 2 is 2.00 bits per heavy atom. The lowest BCUT2D eigenvalue weighted by molar-refractivity contribution is -0.119. The summed E-state index contributed by atoms with van der Waals surface area (Å²) in [4.78, 5) is 2.13. The summed E-state index contributed by atoms with van der Waals surface area (Å²) >= 11 is 0. The zero-order valence-electron chi connectivity index (χ0n) is 10.1. The molecular weight excluding hydrogens is 224 g/mol. The molecule has 1 saturated heterocycles. The lowest BCUT2D eigenvalue weighted by atomic mass is 9.84. The molecule has 0 bridgehead atoms. The first-order chi connectivity index (χ1) is 7.96. The second kappa shape index (κ2) is 4.35. The van der Waals surface area contributed by atoms with Crippen LogP contribution in [-0.2, 0) is 5.60 Å². The van der Waals surface area contributed by atoms with E-state index in [9.17, 15) is 13.9 Å². The van der Waals surface area contributed by atoms with E-state index >= 15 is 0 Å². The fourth-order valence-electron chi connectivity index (χ4n) is 2.16. The van der Waals surface area contributed by atoms with Gasteiger partial charge < -0.3 is 5.11 Å². The first kappa shape index (κ1) is 12.5. The summed E-state index contributed by atoms with van der Waals surface area (Å²) in [5, 5.41) is 10.3. The Kier molecular flexibility index (Phi) is 3.19. The van der Waals surface area contributed by atoms with Crippen molar-refractivity contribution < 1.29 is 13.9 Å². The molecule has 1 aromatic carbocycles. The zero-order chi connectivity index (χ0) is 12.6. The van der Waals surface area contributed by atoms with Crippen molar-refractivity contribution in [2.24, 2.45) is 0 Å². The maximum absolute atomic E-state index is 13.1. The third-order valence-electron chi connectivity index (χ3n) is 3.60. The molecule has 4 heteroatoms. The average Bonchev–Trinajstić information content (AvgIpc) is 2.27. The summed E-state index contributed by atoms with van der Waals surface area (Å²) in [7, 11) is 0. The van der Waals surface area contributed by atoms with Gasteiger partial charge in [-0.05, 0) is 31.0 Å². The third-order valence-corrected chi connectivity index (χ3v) is 3.60. The number of likely N-dealkylation sites (tertiary alicyclic amines) is 1. The largest absolute Gasteiger partial charge is 0.382 e. The number of nitrogens with zero attached hydrogens (tertiary/aromatic N) is 1. The van der Waals surface area contributed by atoms with Crippen molar-refractivity contribution >= 4 is 0 Å². The molecule has 2 nitrogen and oxygen atoms in total. The van der Waals surface area contributed by atoms with Gasteiger partial charge in [-0.2, -0.15) is 0 Å². The van der Waals surface area contributed by atoms with Crippen LogP contribution in [0.1, 0.15) is 25.8 Å². The van der Waals surface area contributed by atoms with E-state index in [1.54, 1.807) is 0 Å². The molecule has 1 N–H and O–H groups in total. The van der Waals surface area contributed by atoms with Crippen molar-refractivity contribution in [1.29, 1.82) is 0 Å². The van der Waals surface area contributed by atoms with Crippen LogP contribution in [-0.4, -0.2) is 29.1 Å². The Morgan fingerprint density at radius 1 is 1.35 bits per heavy atom. The van der Waals surface area contributed by atoms with Gasteiger partial charge >= 0.3 is 0 Å². The highest BCUT2D eigenvalue weighted by Crippen LogP contribution is 2.34. The molecule has 1 heterocycles. The van der Waals surface area contributed by atoms with Crippen LogP contribution in [0.15, 0.2) is 18.2 Å². The van der Waals surface area contributed by atoms with E-state index < -0.39 is 17.2 Å². The lowest BCUT2D eigenvalue weighted by Gasteiger charge is -2.49. The van der Waals surface area contributed by atoms with E-state index in [-0.39, 0.29) is 0 Å². The van der Waals surface area contributed by atoms with Crippen LogP contribution >= 0.6 is 0 Å². The molecule has 17 heavy (non-hydrogen) atoms. The summed E-state index contributed by atoms with van der Waals surface area (Å²) < 4.78 is 25.9. The van der Waals surface area contributed by atoms with Crippen molar-refractivity contribution in [1.82, 2.24) is 4.90 Å². The average molecular weight is 241 g/mol. The van der Waals surface area contributed by atoms with Crippen molar-refractivity contribution in [3.8, 4) is 0 Å². The number of aliphatic hydroxyl groups is 1. The topological polar surface area (TPSA) is 23.5 Å². The summed E-state index contributed by atoms with van der Waals surface area (Å²) in [6.45, 7) is 5.13. The molecule has 1 aliphatic heterocycles. The van der Waals surface area contributed by atoms with Gasteiger partial charge in [0.15, 0.2) is 11.6 Å². The highest BCUT2D eigenvalue weighted by Gasteiger charge is 2.44. The summed E-state index contributed by atoms with van der Waals surface area (Å²) in [6.07, 6.45) is 1.01. The number of benzene rings is 1. The maximum Gasteiger partial charge on any atom is 0.159 e. The molecule has 1 aliphatic rings. The second-order valence-electron chi connectivity index (χ2n) is 4.82. The summed E-state index contributed by atoms with van der Waals surface area (Å²) in [6, 6.07) is 4.00. The van der Waals surface area contributed by atoms with Gasteiger partial charge in [0.2, 0.25) is 0 Å². The van der Waals surface area contributed by atoms with Crippen LogP contribution in [0.2, 0.25) is 0 Å². The number of hydrogen-bond donors (Lipinski definition) is 1. The van der Waals surface area contributed by atoms with Crippen molar-refractivity contribution in [3.63, 3.8) is 0 Å². The molecule has 0 saturated carbocycles. The van der Waals surface area contributed by atoms with Crippen LogP contribution in [0.5, 0.6) is 0 Å². The van der Waals surface area contributed by atoms with Crippen LogP contribution in [0, 0.1) is 11.6 Å². The van der Waals surface area contributed by atoms with E-state index in [0.29, 0.717) is 24.7 Å². The maximum atomic E-state index is 13.1. The number of hydrogen-bond acceptors (Lipinski definition) is 2. The smallest absolute Gasteiger partial charge is 0.159 e. The van der Waals surface area contributed by atoms with Gasteiger partial charge in [0.05, 0.1) is 0 Å². The van der Waals surface area contributed by atoms with E-state index in [0.717, 1.165) is 18.6 Å². The third kappa shape index (κ3) is 2.19. The van der Waals surface area contributed by atoms with Crippen LogP contribution in [0.25, 0.3) is 0 Å². The molecule has 94 valence electrons. The molecule has 0 aromatic heterocycles. The van der Waals surface area contributed by atoms with Gasteiger partial charge in [-0.15, -0.1) is 0 Å². The Balaban J connectivity index is 2.11. The first-order valence-electron chi connectivity index (χ1n) is 5.88. The molecule has 2 rings (SSSR count). The number of rotatable bonds is 3. The van der Waals surface area contributed by atoms with Crippen molar-refractivity contribution in [3.05, 3.63) is 35.4 Å². The summed E-state index contributed by atoms with van der Waals surface area (Å²) in [5.41, 5.74) is -0.575. The molecule has 1 unspecified atom stereocenters. The number of halogens is 2. The summed E-state index contributed by atoms with van der Waals surface area (Å²) in [5.74, 6) is -1.78. The van der Waals surface area contributed by atoms with Gasteiger partial charge in [-0.3, -0.25) is 4.90 Å². The monoisotopic (exact) mass is 241 g/mol. The van der Waals surface area contributed by atoms with Gasteiger partial charge in [0.25, 0.3) is 0 Å². The highest BCUT2D eigenvalue weighted by atomic mass is 19.2. The zero-order valence-corrected chi connectivity index (χ0v) is 10.1. The molecule has 0 spiro atoms. The fourth-order valence-corrected chi connectivity index (χ4v) is 2.16. The molecule has 0 radical (unpaired) electrons. The van der Waals surface area contributed by atoms with Crippen molar-refractivity contribution in [2.75, 3.05) is 13.1 Å². The Morgan fingerprint density at radius 3 is 2.53 bits per heavy atom. The Labute approximate surface area is 99.9 Å². The molecule has 1 aromatic rings. The fraction of sp³-hybridized carbons (Fsp3) is 0.538.